The number of hydrogen-bond donors (Lipinski definition) is 0. The Labute approximate surface area is 107 Å². The maximum atomic E-state index is 11.8. The van der Waals surface area contributed by atoms with Crippen LogP contribution in [-0.4, -0.2) is 27.6 Å². The molecule has 2 aromatic heterocycles. The lowest BCUT2D eigenvalue weighted by Crippen LogP contribution is -2.29. The van der Waals surface area contributed by atoms with Crippen molar-refractivity contribution in [3.63, 3.8) is 0 Å². The Kier molecular flexibility index (Phi) is 3.63. The third-order valence-corrected chi connectivity index (χ3v) is 2.73. The smallest absolute Gasteiger partial charge is 0.244 e. The van der Waals surface area contributed by atoms with Gasteiger partial charge in [0.25, 0.3) is 0 Å². The largest absolute Gasteiger partial charge is 0.452 e. The van der Waals surface area contributed by atoms with Crippen molar-refractivity contribution in [3.05, 3.63) is 41.0 Å². The molecule has 90 valence electrons. The van der Waals surface area contributed by atoms with E-state index >= 15 is 0 Å². The molecule has 6 heteroatoms. The highest BCUT2D eigenvalue weighted by atomic mass is 79.9. The van der Waals surface area contributed by atoms with Gasteiger partial charge in [-0.3, -0.25) is 9.48 Å². The zero-order valence-electron chi connectivity index (χ0n) is 9.34. The second kappa shape index (κ2) is 5.18. The predicted octanol–water partition coefficient (Wildman–Crippen LogP) is 1.90. The molecule has 0 spiro atoms. The van der Waals surface area contributed by atoms with Gasteiger partial charge in [-0.05, 0) is 34.1 Å². The van der Waals surface area contributed by atoms with Crippen LogP contribution in [0.15, 0.2) is 39.7 Å². The molecule has 0 saturated carbocycles. The molecular weight excluding hydrogens is 286 g/mol. The van der Waals surface area contributed by atoms with Crippen LogP contribution in [0.1, 0.15) is 5.76 Å². The van der Waals surface area contributed by atoms with E-state index in [1.54, 1.807) is 41.2 Å². The standard InChI is InChI=1S/C11H12BrN3O2/c1-14(7-9-3-4-10(12)17-9)11(16)8-15-6-2-5-13-15/h2-6H,7-8H2,1H3. The first-order valence-corrected chi connectivity index (χ1v) is 5.90. The second-order valence-electron chi connectivity index (χ2n) is 3.66. The third-order valence-electron chi connectivity index (χ3n) is 2.30. The number of carbonyl (C=O) groups is 1. The van der Waals surface area contributed by atoms with Crippen LogP contribution in [0.5, 0.6) is 0 Å². The van der Waals surface area contributed by atoms with Crippen LogP contribution in [0.3, 0.4) is 0 Å². The van der Waals surface area contributed by atoms with Crippen molar-refractivity contribution >= 4 is 21.8 Å². The molecule has 1 amide bonds. The van der Waals surface area contributed by atoms with Crippen molar-refractivity contribution in [2.45, 2.75) is 13.1 Å². The number of halogens is 1. The van der Waals surface area contributed by atoms with Crippen molar-refractivity contribution in [2.24, 2.45) is 0 Å². The van der Waals surface area contributed by atoms with E-state index in [1.807, 2.05) is 6.07 Å². The predicted molar refractivity (Wildman–Crippen MR) is 65.1 cm³/mol. The minimum absolute atomic E-state index is 0.0128. The van der Waals surface area contributed by atoms with Gasteiger partial charge in [-0.2, -0.15) is 5.10 Å². The number of furan rings is 1. The third kappa shape index (κ3) is 3.20. The molecule has 5 nitrogen and oxygen atoms in total. The highest BCUT2D eigenvalue weighted by molar-refractivity contribution is 9.10. The van der Waals surface area contributed by atoms with Gasteiger partial charge in [-0.1, -0.05) is 0 Å². The van der Waals surface area contributed by atoms with Crippen LogP contribution in [0.25, 0.3) is 0 Å². The van der Waals surface area contributed by atoms with Crippen molar-refractivity contribution < 1.29 is 9.21 Å². The minimum atomic E-state index is -0.0128. The molecule has 17 heavy (non-hydrogen) atoms. The fourth-order valence-corrected chi connectivity index (χ4v) is 1.75. The lowest BCUT2D eigenvalue weighted by molar-refractivity contribution is -0.131. The fraction of sp³-hybridized carbons (Fsp3) is 0.273. The molecule has 0 aliphatic heterocycles. The van der Waals surface area contributed by atoms with E-state index in [4.69, 9.17) is 4.42 Å². The number of hydrogen-bond acceptors (Lipinski definition) is 3. The summed E-state index contributed by atoms with van der Waals surface area (Å²) in [5.41, 5.74) is 0. The molecule has 0 aliphatic carbocycles. The summed E-state index contributed by atoms with van der Waals surface area (Å²) >= 11 is 3.22. The van der Waals surface area contributed by atoms with Crippen LogP contribution in [0.2, 0.25) is 0 Å². The molecule has 2 aromatic rings. The van der Waals surface area contributed by atoms with E-state index < -0.39 is 0 Å². The molecule has 0 atom stereocenters. The molecule has 0 fully saturated rings. The van der Waals surface area contributed by atoms with E-state index in [1.165, 1.54) is 0 Å². The fourth-order valence-electron chi connectivity index (χ4n) is 1.41. The molecule has 0 aromatic carbocycles. The first kappa shape index (κ1) is 11.9. The number of rotatable bonds is 4. The number of amides is 1. The summed E-state index contributed by atoms with van der Waals surface area (Å²) in [6.07, 6.45) is 3.41. The summed E-state index contributed by atoms with van der Waals surface area (Å²) < 4.78 is 7.60. The zero-order valence-corrected chi connectivity index (χ0v) is 10.9. The van der Waals surface area contributed by atoms with Gasteiger partial charge in [-0.25, -0.2) is 0 Å². The number of carbonyl (C=O) groups excluding carboxylic acids is 1. The first-order valence-electron chi connectivity index (χ1n) is 5.11. The molecule has 0 bridgehead atoms. The Morgan fingerprint density at radius 3 is 3.00 bits per heavy atom. The first-order chi connectivity index (χ1) is 8.15. The van der Waals surface area contributed by atoms with Gasteiger partial charge < -0.3 is 9.32 Å². The molecular formula is C11H12BrN3O2. The highest BCUT2D eigenvalue weighted by Gasteiger charge is 2.11. The lowest BCUT2D eigenvalue weighted by Gasteiger charge is -2.15. The van der Waals surface area contributed by atoms with E-state index in [2.05, 4.69) is 21.0 Å². The summed E-state index contributed by atoms with van der Waals surface area (Å²) in [4.78, 5) is 13.4. The van der Waals surface area contributed by atoms with E-state index in [9.17, 15) is 4.79 Å². The van der Waals surface area contributed by atoms with Crippen LogP contribution >= 0.6 is 15.9 Å². The molecule has 0 aliphatic rings. The topological polar surface area (TPSA) is 51.3 Å². The van der Waals surface area contributed by atoms with Gasteiger partial charge in [0.1, 0.15) is 12.3 Å². The molecule has 0 N–H and O–H groups in total. The lowest BCUT2D eigenvalue weighted by atomic mass is 10.4. The van der Waals surface area contributed by atoms with Gasteiger partial charge in [0, 0.05) is 19.4 Å². The Morgan fingerprint density at radius 1 is 1.59 bits per heavy atom. The van der Waals surface area contributed by atoms with Gasteiger partial charge in [0.2, 0.25) is 5.91 Å². The van der Waals surface area contributed by atoms with E-state index in [-0.39, 0.29) is 12.5 Å². The molecule has 0 saturated heterocycles. The average molecular weight is 298 g/mol. The summed E-state index contributed by atoms with van der Waals surface area (Å²) in [7, 11) is 1.74. The van der Waals surface area contributed by atoms with Crippen molar-refractivity contribution in [2.75, 3.05) is 7.05 Å². The van der Waals surface area contributed by atoms with E-state index in [0.717, 1.165) is 5.76 Å². The Morgan fingerprint density at radius 2 is 2.41 bits per heavy atom. The van der Waals surface area contributed by atoms with Crippen LogP contribution in [0.4, 0.5) is 0 Å². The molecule has 2 rings (SSSR count). The van der Waals surface area contributed by atoms with Crippen molar-refractivity contribution in [1.29, 1.82) is 0 Å². The van der Waals surface area contributed by atoms with Gasteiger partial charge in [-0.15, -0.1) is 0 Å². The number of nitrogens with zero attached hydrogens (tertiary/aromatic N) is 3. The van der Waals surface area contributed by atoms with Crippen LogP contribution in [-0.2, 0) is 17.9 Å². The Hall–Kier alpha value is -1.56. The van der Waals surface area contributed by atoms with Crippen molar-refractivity contribution in [3.8, 4) is 0 Å². The van der Waals surface area contributed by atoms with Crippen LogP contribution < -0.4 is 0 Å². The molecule has 2 heterocycles. The van der Waals surface area contributed by atoms with Gasteiger partial charge in [0.15, 0.2) is 4.67 Å². The summed E-state index contributed by atoms with van der Waals surface area (Å²) in [5.74, 6) is 0.731. The summed E-state index contributed by atoms with van der Waals surface area (Å²) in [6.45, 7) is 0.692. The number of likely N-dealkylation sites (N-methyl/N-ethyl adjacent to an activating group) is 1. The Balaban J connectivity index is 1.91. The minimum Gasteiger partial charge on any atom is -0.452 e. The Bertz CT molecular complexity index is 493. The summed E-state index contributed by atoms with van der Waals surface area (Å²) in [5, 5.41) is 3.99. The number of aromatic nitrogens is 2. The summed E-state index contributed by atoms with van der Waals surface area (Å²) in [6, 6.07) is 5.43. The second-order valence-corrected chi connectivity index (χ2v) is 4.44. The SMILES string of the molecule is CN(Cc1ccc(Br)o1)C(=O)Cn1cccn1. The molecule has 0 unspecified atom stereocenters. The average Bonchev–Trinajstić information content (AvgIpc) is 2.90. The maximum absolute atomic E-state index is 11.8. The monoisotopic (exact) mass is 297 g/mol. The quantitative estimate of drug-likeness (QED) is 0.866. The van der Waals surface area contributed by atoms with Crippen molar-refractivity contribution in [1.82, 2.24) is 14.7 Å². The normalized spacial score (nSPS) is 10.5. The van der Waals surface area contributed by atoms with Crippen LogP contribution in [0, 0.1) is 0 Å². The van der Waals surface area contributed by atoms with Gasteiger partial charge >= 0.3 is 0 Å². The maximum Gasteiger partial charge on any atom is 0.244 e. The van der Waals surface area contributed by atoms with Gasteiger partial charge in [0.05, 0.1) is 6.54 Å². The highest BCUT2D eigenvalue weighted by Crippen LogP contribution is 2.15. The zero-order chi connectivity index (χ0) is 12.3. The molecule has 0 radical (unpaired) electrons. The van der Waals surface area contributed by atoms with E-state index in [0.29, 0.717) is 11.2 Å².